The highest BCUT2D eigenvalue weighted by Crippen LogP contribution is 2.45. The summed E-state index contributed by atoms with van der Waals surface area (Å²) in [4.78, 5) is 19.7. The molecule has 0 aliphatic carbocycles. The van der Waals surface area contributed by atoms with Crippen LogP contribution in [-0.4, -0.2) is 34.3 Å². The Labute approximate surface area is 136 Å². The van der Waals surface area contributed by atoms with Crippen molar-refractivity contribution in [2.24, 2.45) is 11.8 Å². The van der Waals surface area contributed by atoms with Gasteiger partial charge in [-0.3, -0.25) is 9.69 Å². The maximum absolute atomic E-state index is 12.8. The first-order chi connectivity index (χ1) is 10.9. The van der Waals surface area contributed by atoms with Crippen LogP contribution in [0.1, 0.15) is 49.4 Å². The molecule has 3 aliphatic heterocycles. The predicted octanol–water partition coefficient (Wildman–Crippen LogP) is 3.83. The molecule has 0 spiro atoms. The molecule has 2 bridgehead atoms. The molecule has 1 aromatic heterocycles. The third-order valence-electron chi connectivity index (χ3n) is 6.05. The molecular weight excluding hydrogens is 288 g/mol. The van der Waals surface area contributed by atoms with Gasteiger partial charge in [0.2, 0.25) is 0 Å². The zero-order chi connectivity index (χ0) is 16.2. The molecule has 3 saturated heterocycles. The molecule has 3 fully saturated rings. The average Bonchev–Trinajstić information content (AvgIpc) is 2.90. The Bertz CT molecular complexity index is 754. The van der Waals surface area contributed by atoms with E-state index in [0.29, 0.717) is 29.7 Å². The summed E-state index contributed by atoms with van der Waals surface area (Å²) in [6.45, 7) is 8.81. The van der Waals surface area contributed by atoms with E-state index in [4.69, 9.17) is 4.42 Å². The lowest BCUT2D eigenvalue weighted by molar-refractivity contribution is -0.0643. The highest BCUT2D eigenvalue weighted by molar-refractivity contribution is 5.98. The van der Waals surface area contributed by atoms with E-state index in [2.05, 4.69) is 23.7 Å². The first-order valence-electron chi connectivity index (χ1n) is 8.60. The van der Waals surface area contributed by atoms with E-state index >= 15 is 0 Å². The quantitative estimate of drug-likeness (QED) is 0.808. The Morgan fingerprint density at radius 2 is 2.09 bits per heavy atom. The molecule has 0 unspecified atom stereocenters. The second kappa shape index (κ2) is 5.17. The molecule has 4 nitrogen and oxygen atoms in total. The van der Waals surface area contributed by atoms with Gasteiger partial charge < -0.3 is 4.42 Å². The summed E-state index contributed by atoms with van der Waals surface area (Å²) in [6, 6.07) is 5.63. The van der Waals surface area contributed by atoms with Crippen LogP contribution in [0.4, 0.5) is 0 Å². The van der Waals surface area contributed by atoms with Gasteiger partial charge in [-0.1, -0.05) is 0 Å². The number of hydrogen-bond acceptors (Lipinski definition) is 4. The maximum Gasteiger partial charge on any atom is 0.192 e. The number of carbonyl (C=O) groups is 1. The number of rotatable bonds is 3. The average molecular weight is 312 g/mol. The maximum atomic E-state index is 12.8. The zero-order valence-corrected chi connectivity index (χ0v) is 14.1. The standard InChI is InChI=1S/C19H24N2O2/c1-12-20-16-5-4-14(10-18(16)23-12)17(22)11-15-13-6-8-21(9-7-13)19(15,2)3/h4-5,10,13,15H,6-9,11H2,1-3H3/t15-/m1/s1. The molecule has 0 radical (unpaired) electrons. The fraction of sp³-hybridized carbons (Fsp3) is 0.579. The summed E-state index contributed by atoms with van der Waals surface area (Å²) in [6.07, 6.45) is 3.11. The van der Waals surface area contributed by atoms with Crippen molar-refractivity contribution in [3.8, 4) is 0 Å². The van der Waals surface area contributed by atoms with E-state index in [1.807, 2.05) is 25.1 Å². The monoisotopic (exact) mass is 312 g/mol. The Balaban J connectivity index is 1.58. The van der Waals surface area contributed by atoms with Crippen molar-refractivity contribution >= 4 is 16.9 Å². The highest BCUT2D eigenvalue weighted by Gasteiger charge is 2.47. The molecule has 23 heavy (non-hydrogen) atoms. The number of Topliss-reactive ketones (excluding diaryl/α,β-unsaturated/α-hetero) is 1. The fourth-order valence-electron chi connectivity index (χ4n) is 4.64. The van der Waals surface area contributed by atoms with E-state index in [9.17, 15) is 4.79 Å². The van der Waals surface area contributed by atoms with Gasteiger partial charge in [0.1, 0.15) is 5.52 Å². The number of piperidine rings is 3. The van der Waals surface area contributed by atoms with Crippen LogP contribution in [0, 0.1) is 18.8 Å². The third-order valence-corrected chi connectivity index (χ3v) is 6.05. The van der Waals surface area contributed by atoms with Crippen molar-refractivity contribution in [1.82, 2.24) is 9.88 Å². The smallest absolute Gasteiger partial charge is 0.192 e. The van der Waals surface area contributed by atoms with E-state index < -0.39 is 0 Å². The van der Waals surface area contributed by atoms with Gasteiger partial charge in [0.05, 0.1) is 0 Å². The van der Waals surface area contributed by atoms with Crippen LogP contribution in [0.15, 0.2) is 22.6 Å². The Hall–Kier alpha value is -1.68. The van der Waals surface area contributed by atoms with Gasteiger partial charge in [0.15, 0.2) is 17.3 Å². The lowest BCUT2D eigenvalue weighted by atomic mass is 9.65. The SMILES string of the molecule is Cc1nc2ccc(C(=O)C[C@@H]3C4CCN(CC4)C3(C)C)cc2o1. The Kier molecular flexibility index (Phi) is 3.34. The largest absolute Gasteiger partial charge is 0.441 e. The predicted molar refractivity (Wildman–Crippen MR) is 89.6 cm³/mol. The molecule has 5 rings (SSSR count). The van der Waals surface area contributed by atoms with Crippen molar-refractivity contribution in [2.75, 3.05) is 13.1 Å². The van der Waals surface area contributed by atoms with Gasteiger partial charge in [0.25, 0.3) is 0 Å². The second-order valence-corrected chi connectivity index (χ2v) is 7.63. The topological polar surface area (TPSA) is 46.3 Å². The lowest BCUT2D eigenvalue weighted by Crippen LogP contribution is -2.61. The number of fused-ring (bicyclic) bond motifs is 4. The van der Waals surface area contributed by atoms with Crippen LogP contribution in [0.2, 0.25) is 0 Å². The van der Waals surface area contributed by atoms with Crippen molar-refractivity contribution in [3.63, 3.8) is 0 Å². The Morgan fingerprint density at radius 3 is 2.78 bits per heavy atom. The molecule has 0 N–H and O–H groups in total. The van der Waals surface area contributed by atoms with Gasteiger partial charge >= 0.3 is 0 Å². The number of nitrogens with zero attached hydrogens (tertiary/aromatic N) is 2. The first kappa shape index (κ1) is 14.9. The zero-order valence-electron chi connectivity index (χ0n) is 14.1. The minimum atomic E-state index is 0.129. The third kappa shape index (κ3) is 2.40. The molecular formula is C19H24N2O2. The molecule has 1 atom stereocenters. The lowest BCUT2D eigenvalue weighted by Gasteiger charge is -2.56. The van der Waals surface area contributed by atoms with Gasteiger partial charge in [-0.05, 0) is 69.8 Å². The van der Waals surface area contributed by atoms with E-state index in [0.717, 1.165) is 11.1 Å². The summed E-state index contributed by atoms with van der Waals surface area (Å²) < 4.78 is 5.57. The number of carbonyl (C=O) groups excluding carboxylic acids is 1. The van der Waals surface area contributed by atoms with Crippen LogP contribution in [0.5, 0.6) is 0 Å². The number of aromatic nitrogens is 1. The van der Waals surface area contributed by atoms with Crippen LogP contribution < -0.4 is 0 Å². The Morgan fingerprint density at radius 1 is 1.35 bits per heavy atom. The number of hydrogen-bond donors (Lipinski definition) is 0. The molecule has 0 amide bonds. The number of oxazole rings is 1. The van der Waals surface area contributed by atoms with E-state index in [1.165, 1.54) is 25.9 Å². The highest BCUT2D eigenvalue weighted by atomic mass is 16.3. The van der Waals surface area contributed by atoms with Crippen LogP contribution in [0.25, 0.3) is 11.1 Å². The van der Waals surface area contributed by atoms with E-state index in [1.54, 1.807) is 0 Å². The van der Waals surface area contributed by atoms with Gasteiger partial charge in [0, 0.05) is 24.4 Å². The molecule has 2 aromatic rings. The van der Waals surface area contributed by atoms with Crippen molar-refractivity contribution in [1.29, 1.82) is 0 Å². The molecule has 122 valence electrons. The van der Waals surface area contributed by atoms with Crippen LogP contribution >= 0.6 is 0 Å². The van der Waals surface area contributed by atoms with Gasteiger partial charge in [-0.15, -0.1) is 0 Å². The van der Waals surface area contributed by atoms with Crippen molar-refractivity contribution < 1.29 is 9.21 Å². The fourth-order valence-corrected chi connectivity index (χ4v) is 4.64. The van der Waals surface area contributed by atoms with Crippen LogP contribution in [0.3, 0.4) is 0 Å². The van der Waals surface area contributed by atoms with Gasteiger partial charge in [-0.25, -0.2) is 4.98 Å². The van der Waals surface area contributed by atoms with Crippen molar-refractivity contribution in [3.05, 3.63) is 29.7 Å². The molecule has 4 heteroatoms. The normalized spacial score (nSPS) is 29.1. The summed E-state index contributed by atoms with van der Waals surface area (Å²) in [5, 5.41) is 0. The van der Waals surface area contributed by atoms with Gasteiger partial charge in [-0.2, -0.15) is 0 Å². The summed E-state index contributed by atoms with van der Waals surface area (Å²) in [5.74, 6) is 2.01. The molecule has 4 heterocycles. The minimum absolute atomic E-state index is 0.129. The molecule has 3 aliphatic rings. The molecule has 1 aromatic carbocycles. The summed E-state index contributed by atoms with van der Waals surface area (Å²) >= 11 is 0. The van der Waals surface area contributed by atoms with Crippen LogP contribution in [-0.2, 0) is 0 Å². The van der Waals surface area contributed by atoms with E-state index in [-0.39, 0.29) is 11.3 Å². The summed E-state index contributed by atoms with van der Waals surface area (Å²) in [5.41, 5.74) is 2.41. The second-order valence-electron chi connectivity index (χ2n) is 7.63. The number of ketones is 1. The molecule has 0 saturated carbocycles. The number of benzene rings is 1. The minimum Gasteiger partial charge on any atom is -0.441 e. The first-order valence-corrected chi connectivity index (χ1v) is 8.60. The van der Waals surface area contributed by atoms with Crippen molar-refractivity contribution in [2.45, 2.75) is 45.6 Å². The number of aryl methyl sites for hydroxylation is 1. The summed E-state index contributed by atoms with van der Waals surface area (Å²) in [7, 11) is 0.